The minimum atomic E-state index is -0.663. The second-order valence-corrected chi connectivity index (χ2v) is 7.09. The van der Waals surface area contributed by atoms with Crippen LogP contribution in [-0.4, -0.2) is 47.0 Å². The monoisotopic (exact) mass is 243 g/mol. The Hall–Kier alpha value is -0.120. The summed E-state index contributed by atoms with van der Waals surface area (Å²) in [7, 11) is 2.02. The fourth-order valence-corrected chi connectivity index (χ4v) is 3.08. The van der Waals surface area contributed by atoms with Crippen molar-refractivity contribution in [2.75, 3.05) is 20.1 Å². The highest BCUT2D eigenvalue weighted by molar-refractivity contribution is 4.89. The molecular weight excluding hydrogens is 214 g/mol. The standard InChI is InChI=1S/C14H29NO2/c1-13(2)8-6-7-11(12(13)16)9-15(5)10-14(3,4)17/h11-12,16-17H,6-10H2,1-5H3. The van der Waals surface area contributed by atoms with Crippen molar-refractivity contribution in [1.82, 2.24) is 4.90 Å². The van der Waals surface area contributed by atoms with Crippen molar-refractivity contribution < 1.29 is 10.2 Å². The van der Waals surface area contributed by atoms with Crippen molar-refractivity contribution in [2.24, 2.45) is 11.3 Å². The van der Waals surface area contributed by atoms with Gasteiger partial charge in [0.1, 0.15) is 0 Å². The van der Waals surface area contributed by atoms with Crippen LogP contribution in [0.5, 0.6) is 0 Å². The van der Waals surface area contributed by atoms with Gasteiger partial charge in [0.2, 0.25) is 0 Å². The van der Waals surface area contributed by atoms with Crippen LogP contribution >= 0.6 is 0 Å². The lowest BCUT2D eigenvalue weighted by Gasteiger charge is -2.42. The summed E-state index contributed by atoms with van der Waals surface area (Å²) in [5.74, 6) is 0.339. The van der Waals surface area contributed by atoms with E-state index in [1.165, 1.54) is 6.42 Å². The number of rotatable bonds is 4. The van der Waals surface area contributed by atoms with Gasteiger partial charge in [0.05, 0.1) is 11.7 Å². The quantitative estimate of drug-likeness (QED) is 0.792. The van der Waals surface area contributed by atoms with Crippen LogP contribution in [0.1, 0.15) is 47.0 Å². The van der Waals surface area contributed by atoms with Crippen LogP contribution in [0.2, 0.25) is 0 Å². The molecule has 0 spiro atoms. The number of nitrogens with zero attached hydrogens (tertiary/aromatic N) is 1. The molecule has 0 saturated heterocycles. The average molecular weight is 243 g/mol. The highest BCUT2D eigenvalue weighted by Gasteiger charge is 2.38. The molecule has 3 nitrogen and oxygen atoms in total. The van der Waals surface area contributed by atoms with E-state index in [9.17, 15) is 10.2 Å². The molecule has 2 N–H and O–H groups in total. The maximum Gasteiger partial charge on any atom is 0.0718 e. The average Bonchev–Trinajstić information content (AvgIpc) is 2.09. The van der Waals surface area contributed by atoms with Crippen molar-refractivity contribution in [3.05, 3.63) is 0 Å². The zero-order chi connectivity index (χ0) is 13.3. The first kappa shape index (κ1) is 14.9. The van der Waals surface area contributed by atoms with Gasteiger partial charge in [-0.25, -0.2) is 0 Å². The van der Waals surface area contributed by atoms with Gasteiger partial charge in [-0.2, -0.15) is 0 Å². The summed E-state index contributed by atoms with van der Waals surface area (Å²) in [6.07, 6.45) is 3.19. The normalized spacial score (nSPS) is 29.6. The Morgan fingerprint density at radius 2 is 1.94 bits per heavy atom. The van der Waals surface area contributed by atoms with Gasteiger partial charge in [0.25, 0.3) is 0 Å². The number of hydrogen-bond donors (Lipinski definition) is 2. The second kappa shape index (κ2) is 5.25. The molecule has 0 aromatic heterocycles. The molecule has 0 aliphatic heterocycles. The molecule has 0 amide bonds. The third kappa shape index (κ3) is 4.57. The summed E-state index contributed by atoms with van der Waals surface area (Å²) in [5, 5.41) is 20.1. The van der Waals surface area contributed by atoms with E-state index in [0.717, 1.165) is 19.4 Å². The maximum atomic E-state index is 10.4. The topological polar surface area (TPSA) is 43.7 Å². The first-order valence-electron chi connectivity index (χ1n) is 6.71. The van der Waals surface area contributed by atoms with Crippen LogP contribution in [0.15, 0.2) is 0 Å². The Labute approximate surface area is 106 Å². The van der Waals surface area contributed by atoms with Gasteiger partial charge < -0.3 is 15.1 Å². The summed E-state index contributed by atoms with van der Waals surface area (Å²) < 4.78 is 0. The molecule has 0 aromatic rings. The third-order valence-electron chi connectivity index (χ3n) is 3.85. The van der Waals surface area contributed by atoms with Gasteiger partial charge in [-0.15, -0.1) is 0 Å². The number of aliphatic hydroxyl groups excluding tert-OH is 1. The van der Waals surface area contributed by atoms with Crippen LogP contribution in [-0.2, 0) is 0 Å². The van der Waals surface area contributed by atoms with Gasteiger partial charge in [-0.1, -0.05) is 20.3 Å². The fraction of sp³-hybridized carbons (Fsp3) is 1.00. The Bertz CT molecular complexity index is 245. The van der Waals surface area contributed by atoms with Crippen LogP contribution in [0.25, 0.3) is 0 Å². The van der Waals surface area contributed by atoms with Crippen molar-refractivity contribution in [2.45, 2.75) is 58.7 Å². The summed E-state index contributed by atoms with van der Waals surface area (Å²) in [5.41, 5.74) is -0.623. The lowest BCUT2D eigenvalue weighted by Crippen LogP contribution is -2.46. The van der Waals surface area contributed by atoms with E-state index in [2.05, 4.69) is 18.7 Å². The number of likely N-dealkylation sites (N-methyl/N-ethyl adjacent to an activating group) is 1. The lowest BCUT2D eigenvalue weighted by molar-refractivity contribution is -0.0475. The van der Waals surface area contributed by atoms with Gasteiger partial charge in [-0.3, -0.25) is 0 Å². The van der Waals surface area contributed by atoms with Crippen molar-refractivity contribution in [1.29, 1.82) is 0 Å². The highest BCUT2D eigenvalue weighted by Crippen LogP contribution is 2.39. The molecule has 0 bridgehead atoms. The van der Waals surface area contributed by atoms with Gasteiger partial charge in [0.15, 0.2) is 0 Å². The van der Waals surface area contributed by atoms with Crippen LogP contribution in [0.3, 0.4) is 0 Å². The zero-order valence-electron chi connectivity index (χ0n) is 12.0. The van der Waals surface area contributed by atoms with E-state index in [-0.39, 0.29) is 11.5 Å². The second-order valence-electron chi connectivity index (χ2n) is 7.09. The maximum absolute atomic E-state index is 10.4. The van der Waals surface area contributed by atoms with Gasteiger partial charge >= 0.3 is 0 Å². The van der Waals surface area contributed by atoms with E-state index in [1.807, 2.05) is 20.9 Å². The molecule has 3 heteroatoms. The smallest absolute Gasteiger partial charge is 0.0718 e. The predicted octanol–water partition coefficient (Wildman–Crippen LogP) is 1.88. The van der Waals surface area contributed by atoms with Crippen LogP contribution in [0.4, 0.5) is 0 Å². The Kier molecular flexibility index (Phi) is 4.61. The minimum absolute atomic E-state index is 0.0402. The first-order valence-corrected chi connectivity index (χ1v) is 6.71. The SMILES string of the molecule is CN(CC1CCCC(C)(C)C1O)CC(C)(C)O. The molecule has 1 aliphatic carbocycles. The van der Waals surface area contributed by atoms with Crippen LogP contribution < -0.4 is 0 Å². The summed E-state index contributed by atoms with van der Waals surface area (Å²) in [6.45, 7) is 9.47. The molecule has 2 unspecified atom stereocenters. The number of hydrogen-bond acceptors (Lipinski definition) is 3. The first-order chi connectivity index (χ1) is 7.62. The Morgan fingerprint density at radius 3 is 2.47 bits per heavy atom. The van der Waals surface area contributed by atoms with E-state index < -0.39 is 5.60 Å². The van der Waals surface area contributed by atoms with Crippen LogP contribution in [0, 0.1) is 11.3 Å². The molecule has 1 fully saturated rings. The molecule has 2 atom stereocenters. The molecule has 1 rings (SSSR count). The molecule has 0 aromatic carbocycles. The Balaban J connectivity index is 2.51. The summed E-state index contributed by atoms with van der Waals surface area (Å²) >= 11 is 0. The molecule has 0 heterocycles. The lowest BCUT2D eigenvalue weighted by atomic mass is 9.69. The largest absolute Gasteiger partial charge is 0.392 e. The molecule has 1 saturated carbocycles. The molecular formula is C14H29NO2. The van der Waals surface area contributed by atoms with E-state index >= 15 is 0 Å². The van der Waals surface area contributed by atoms with E-state index in [4.69, 9.17) is 0 Å². The van der Waals surface area contributed by atoms with E-state index in [0.29, 0.717) is 12.5 Å². The number of aliphatic hydroxyl groups is 2. The van der Waals surface area contributed by atoms with Crippen molar-refractivity contribution in [3.8, 4) is 0 Å². The third-order valence-corrected chi connectivity index (χ3v) is 3.85. The summed E-state index contributed by atoms with van der Waals surface area (Å²) in [6, 6.07) is 0. The molecule has 102 valence electrons. The fourth-order valence-electron chi connectivity index (χ4n) is 3.08. The van der Waals surface area contributed by atoms with E-state index in [1.54, 1.807) is 0 Å². The minimum Gasteiger partial charge on any atom is -0.392 e. The van der Waals surface area contributed by atoms with Gasteiger partial charge in [-0.05, 0) is 45.1 Å². The molecule has 17 heavy (non-hydrogen) atoms. The van der Waals surface area contributed by atoms with Gasteiger partial charge in [0, 0.05) is 13.1 Å². The highest BCUT2D eigenvalue weighted by atomic mass is 16.3. The Morgan fingerprint density at radius 1 is 1.35 bits per heavy atom. The van der Waals surface area contributed by atoms with Crippen molar-refractivity contribution >= 4 is 0 Å². The zero-order valence-corrected chi connectivity index (χ0v) is 12.0. The summed E-state index contributed by atoms with van der Waals surface area (Å²) in [4.78, 5) is 2.13. The van der Waals surface area contributed by atoms with Crippen molar-refractivity contribution in [3.63, 3.8) is 0 Å². The predicted molar refractivity (Wildman–Crippen MR) is 70.9 cm³/mol. The molecule has 1 aliphatic rings. The molecule has 0 radical (unpaired) electrons.